The molecule has 0 amide bonds. The van der Waals surface area contributed by atoms with E-state index >= 15 is 0 Å². The van der Waals surface area contributed by atoms with E-state index in [1.807, 2.05) is 19.0 Å². The highest BCUT2D eigenvalue weighted by molar-refractivity contribution is 9.10. The lowest BCUT2D eigenvalue weighted by Gasteiger charge is -2.07. The summed E-state index contributed by atoms with van der Waals surface area (Å²) in [4.78, 5) is 2.25. The fraction of sp³-hybridized carbons (Fsp3) is 0.182. The number of nitrogens with two attached hydrogens (primary N) is 1. The van der Waals surface area contributed by atoms with E-state index in [1.54, 1.807) is 12.1 Å². The van der Waals surface area contributed by atoms with E-state index in [4.69, 9.17) is 11.1 Å². The minimum absolute atomic E-state index is 0.182. The van der Waals surface area contributed by atoms with Crippen LogP contribution >= 0.6 is 39.0 Å². The van der Waals surface area contributed by atoms with Crippen LogP contribution in [-0.2, 0) is 0 Å². The summed E-state index contributed by atoms with van der Waals surface area (Å²) in [5.41, 5.74) is 5.71. The van der Waals surface area contributed by atoms with Crippen LogP contribution < -0.4 is 10.6 Å². The molecular formula is C11H11BrFN5S2. The van der Waals surface area contributed by atoms with E-state index in [0.29, 0.717) is 14.8 Å². The van der Waals surface area contributed by atoms with Gasteiger partial charge in [0.25, 0.3) is 0 Å². The maximum absolute atomic E-state index is 14.2. The van der Waals surface area contributed by atoms with Crippen LogP contribution in [0.15, 0.2) is 25.8 Å². The first-order chi connectivity index (χ1) is 9.40. The summed E-state index contributed by atoms with van der Waals surface area (Å²) in [7, 11) is 3.74. The smallest absolute Gasteiger partial charge is 0.208 e. The number of nitrogens with one attached hydrogen (secondary N) is 1. The SMILES string of the molecule is CN(C)c1nnc(Sc2ccc(C(=N)N)c(Br)c2F)s1. The van der Waals surface area contributed by atoms with Crippen molar-refractivity contribution in [3.63, 3.8) is 0 Å². The summed E-state index contributed by atoms with van der Waals surface area (Å²) in [5.74, 6) is -0.637. The van der Waals surface area contributed by atoms with Crippen LogP contribution in [-0.4, -0.2) is 30.1 Å². The lowest BCUT2D eigenvalue weighted by atomic mass is 10.2. The topological polar surface area (TPSA) is 78.9 Å². The molecule has 0 aliphatic carbocycles. The summed E-state index contributed by atoms with van der Waals surface area (Å²) in [6.45, 7) is 0. The summed E-state index contributed by atoms with van der Waals surface area (Å²) in [6, 6.07) is 3.18. The van der Waals surface area contributed by atoms with Crippen molar-refractivity contribution < 1.29 is 4.39 Å². The minimum Gasteiger partial charge on any atom is -0.384 e. The summed E-state index contributed by atoms with van der Waals surface area (Å²) in [6.07, 6.45) is 0. The number of aromatic nitrogens is 2. The molecule has 0 saturated carbocycles. The fourth-order valence-corrected chi connectivity index (χ4v) is 3.79. The van der Waals surface area contributed by atoms with Crippen molar-refractivity contribution in [2.24, 2.45) is 5.73 Å². The molecule has 1 aromatic heterocycles. The van der Waals surface area contributed by atoms with Crippen LogP contribution in [0.3, 0.4) is 0 Å². The van der Waals surface area contributed by atoms with Gasteiger partial charge in [-0.25, -0.2) is 4.39 Å². The van der Waals surface area contributed by atoms with Crippen LogP contribution in [0.25, 0.3) is 0 Å². The van der Waals surface area contributed by atoms with E-state index in [9.17, 15) is 4.39 Å². The van der Waals surface area contributed by atoms with Crippen molar-refractivity contribution >= 4 is 50.0 Å². The molecule has 3 N–H and O–H groups in total. The van der Waals surface area contributed by atoms with Gasteiger partial charge in [0, 0.05) is 19.7 Å². The monoisotopic (exact) mass is 375 g/mol. The van der Waals surface area contributed by atoms with Gasteiger partial charge in [-0.2, -0.15) is 0 Å². The zero-order valence-electron chi connectivity index (χ0n) is 10.6. The Morgan fingerprint density at radius 2 is 2.15 bits per heavy atom. The van der Waals surface area contributed by atoms with Crippen LogP contribution in [0.4, 0.5) is 9.52 Å². The maximum atomic E-state index is 14.2. The second kappa shape index (κ2) is 6.06. The molecule has 1 heterocycles. The molecule has 0 spiro atoms. The predicted octanol–water partition coefficient (Wildman–Crippen LogP) is 2.94. The van der Waals surface area contributed by atoms with Gasteiger partial charge in [0.15, 0.2) is 10.2 Å². The highest BCUT2D eigenvalue weighted by Crippen LogP contribution is 2.37. The summed E-state index contributed by atoms with van der Waals surface area (Å²) < 4.78 is 15.0. The zero-order chi connectivity index (χ0) is 14.9. The second-order valence-electron chi connectivity index (χ2n) is 4.00. The number of halogens is 2. The number of anilines is 1. The standard InChI is InChI=1S/C11H11BrFN5S2/c1-18(2)10-16-17-11(20-10)19-6-4-3-5(9(14)15)7(12)8(6)13/h3-4H,1-2H3,(H3,14,15). The second-order valence-corrected chi connectivity index (χ2v) is 7.04. The predicted molar refractivity (Wildman–Crippen MR) is 83.5 cm³/mol. The van der Waals surface area contributed by atoms with Crippen molar-refractivity contribution in [2.45, 2.75) is 9.24 Å². The van der Waals surface area contributed by atoms with Crippen LogP contribution in [0, 0.1) is 11.2 Å². The van der Waals surface area contributed by atoms with Crippen molar-refractivity contribution in [3.05, 3.63) is 28.0 Å². The molecule has 0 radical (unpaired) electrons. The largest absolute Gasteiger partial charge is 0.384 e. The first-order valence-corrected chi connectivity index (χ1v) is 7.84. The normalized spacial score (nSPS) is 10.6. The fourth-order valence-electron chi connectivity index (χ4n) is 1.34. The van der Waals surface area contributed by atoms with Crippen molar-refractivity contribution in [1.82, 2.24) is 10.2 Å². The molecule has 0 atom stereocenters. The average molecular weight is 376 g/mol. The molecule has 5 nitrogen and oxygen atoms in total. The number of nitrogens with zero attached hydrogens (tertiary/aromatic N) is 3. The molecule has 20 heavy (non-hydrogen) atoms. The summed E-state index contributed by atoms with van der Waals surface area (Å²) >= 11 is 5.69. The number of hydrogen-bond acceptors (Lipinski definition) is 6. The van der Waals surface area contributed by atoms with Crippen molar-refractivity contribution in [2.75, 3.05) is 19.0 Å². The summed E-state index contributed by atoms with van der Waals surface area (Å²) in [5, 5.41) is 16.1. The molecule has 0 unspecified atom stereocenters. The number of hydrogen-bond donors (Lipinski definition) is 2. The van der Waals surface area contributed by atoms with Gasteiger partial charge >= 0.3 is 0 Å². The number of rotatable bonds is 4. The van der Waals surface area contributed by atoms with Gasteiger partial charge in [0.2, 0.25) is 5.13 Å². The van der Waals surface area contributed by atoms with E-state index < -0.39 is 5.82 Å². The van der Waals surface area contributed by atoms with E-state index in [-0.39, 0.29) is 10.3 Å². The van der Waals surface area contributed by atoms with E-state index in [2.05, 4.69) is 26.1 Å². The Balaban J connectivity index is 2.29. The third-order valence-electron chi connectivity index (χ3n) is 2.31. The van der Waals surface area contributed by atoms with Gasteiger partial charge in [-0.05, 0) is 28.1 Å². The molecule has 1 aromatic carbocycles. The molecule has 106 valence electrons. The van der Waals surface area contributed by atoms with Crippen molar-refractivity contribution in [3.8, 4) is 0 Å². The minimum atomic E-state index is -0.454. The van der Waals surface area contributed by atoms with Crippen LogP contribution in [0.1, 0.15) is 5.56 Å². The van der Waals surface area contributed by atoms with Gasteiger partial charge in [-0.3, -0.25) is 5.41 Å². The number of benzene rings is 1. The molecule has 0 fully saturated rings. The Hall–Kier alpha value is -1.19. The first kappa shape index (κ1) is 15.2. The van der Waals surface area contributed by atoms with E-state index in [1.165, 1.54) is 23.1 Å². The Labute approximate surface area is 132 Å². The van der Waals surface area contributed by atoms with Crippen molar-refractivity contribution in [1.29, 1.82) is 5.41 Å². The van der Waals surface area contributed by atoms with Gasteiger partial charge in [-0.15, -0.1) is 10.2 Å². The Morgan fingerprint density at radius 3 is 2.70 bits per heavy atom. The molecule has 0 saturated heterocycles. The Bertz CT molecular complexity index is 658. The zero-order valence-corrected chi connectivity index (χ0v) is 13.9. The number of nitrogen functional groups attached to an aromatic ring is 1. The lowest BCUT2D eigenvalue weighted by molar-refractivity contribution is 0.594. The third kappa shape index (κ3) is 3.10. The van der Waals surface area contributed by atoms with Crippen LogP contribution in [0.5, 0.6) is 0 Å². The van der Waals surface area contributed by atoms with Crippen LogP contribution in [0.2, 0.25) is 0 Å². The van der Waals surface area contributed by atoms with Gasteiger partial charge in [-0.1, -0.05) is 23.1 Å². The number of amidine groups is 1. The van der Waals surface area contributed by atoms with Gasteiger partial charge in [0.05, 0.1) is 9.37 Å². The molecular weight excluding hydrogens is 365 g/mol. The lowest BCUT2D eigenvalue weighted by Crippen LogP contribution is -2.12. The van der Waals surface area contributed by atoms with Gasteiger partial charge < -0.3 is 10.6 Å². The molecule has 2 aromatic rings. The van der Waals surface area contributed by atoms with Gasteiger partial charge in [0.1, 0.15) is 5.84 Å². The molecule has 0 bridgehead atoms. The molecule has 0 aliphatic heterocycles. The third-order valence-corrected chi connectivity index (χ3v) is 5.27. The Kier molecular flexibility index (Phi) is 4.61. The first-order valence-electron chi connectivity index (χ1n) is 5.41. The van der Waals surface area contributed by atoms with E-state index in [0.717, 1.165) is 5.13 Å². The quantitative estimate of drug-likeness (QED) is 0.634. The Morgan fingerprint density at radius 1 is 1.45 bits per heavy atom. The highest BCUT2D eigenvalue weighted by atomic mass is 79.9. The maximum Gasteiger partial charge on any atom is 0.208 e. The average Bonchev–Trinajstić information content (AvgIpc) is 2.83. The molecule has 2 rings (SSSR count). The molecule has 9 heteroatoms. The molecule has 0 aliphatic rings. The highest BCUT2D eigenvalue weighted by Gasteiger charge is 2.16.